The minimum atomic E-state index is -3.35. The summed E-state index contributed by atoms with van der Waals surface area (Å²) in [6.45, 7) is 9.67. The van der Waals surface area contributed by atoms with Crippen LogP contribution in [0.4, 0.5) is 4.39 Å². The molecule has 1 N–H and O–H groups in total. The number of nitrogens with one attached hydrogen (secondary N) is 1. The lowest BCUT2D eigenvalue weighted by Crippen LogP contribution is -2.24. The standard InChI is InChI=1S/C28H32ClFN2O4S2/c1-7-38(35,36)16-18-8-10-20(27(34)21-11-9-19(30)13-25(21)29)23(12-18)24-15-32(6)26(33)14-22(24)17(2)31-37-28(3,4)5/h8-15,17,31H,7,16H2,1-6H3. The molecule has 0 spiro atoms. The molecular formula is C28H32ClFN2O4S2. The maximum absolute atomic E-state index is 13.7. The lowest BCUT2D eigenvalue weighted by atomic mass is 9.89. The van der Waals surface area contributed by atoms with Gasteiger partial charge in [-0.05, 0) is 68.7 Å². The quantitative estimate of drug-likeness (QED) is 0.244. The minimum Gasteiger partial charge on any atom is -0.318 e. The molecule has 3 aromatic rings. The van der Waals surface area contributed by atoms with Gasteiger partial charge in [-0.2, -0.15) is 0 Å². The van der Waals surface area contributed by atoms with Gasteiger partial charge in [-0.1, -0.05) is 42.6 Å². The number of aryl methyl sites for hydroxylation is 1. The summed E-state index contributed by atoms with van der Waals surface area (Å²) in [4.78, 5) is 26.4. The van der Waals surface area contributed by atoms with E-state index in [1.54, 1.807) is 38.4 Å². The Morgan fingerprint density at radius 2 is 1.76 bits per heavy atom. The third-order valence-corrected chi connectivity index (χ3v) is 8.94. The summed E-state index contributed by atoms with van der Waals surface area (Å²) in [7, 11) is -1.74. The monoisotopic (exact) mass is 578 g/mol. The number of aromatic nitrogens is 1. The van der Waals surface area contributed by atoms with E-state index in [9.17, 15) is 22.4 Å². The Bertz CT molecular complexity index is 1530. The summed E-state index contributed by atoms with van der Waals surface area (Å²) < 4.78 is 43.2. The second-order valence-corrected chi connectivity index (χ2v) is 14.6. The zero-order chi connectivity index (χ0) is 28.4. The molecule has 3 rings (SSSR count). The van der Waals surface area contributed by atoms with E-state index in [1.807, 2.05) is 6.92 Å². The van der Waals surface area contributed by atoms with Crippen molar-refractivity contribution < 1.29 is 17.6 Å². The Balaban J connectivity index is 2.27. The molecule has 0 aliphatic heterocycles. The van der Waals surface area contributed by atoms with E-state index < -0.39 is 21.4 Å². The van der Waals surface area contributed by atoms with Crippen LogP contribution >= 0.6 is 23.5 Å². The van der Waals surface area contributed by atoms with Gasteiger partial charge in [0, 0.05) is 52.5 Å². The highest BCUT2D eigenvalue weighted by Crippen LogP contribution is 2.35. The lowest BCUT2D eigenvalue weighted by Gasteiger charge is -2.24. The SMILES string of the molecule is CCS(=O)(=O)Cc1ccc(C(=O)c2ccc(F)cc2Cl)c(-c2cn(C)c(=O)cc2C(C)NSC(C)(C)C)c1. The highest BCUT2D eigenvalue weighted by atomic mass is 35.5. The van der Waals surface area contributed by atoms with Crippen LogP contribution in [0.1, 0.15) is 67.7 Å². The van der Waals surface area contributed by atoms with E-state index in [-0.39, 0.29) is 44.0 Å². The zero-order valence-corrected chi connectivity index (χ0v) is 24.7. The number of hydrogen-bond donors (Lipinski definition) is 1. The zero-order valence-electron chi connectivity index (χ0n) is 22.3. The van der Waals surface area contributed by atoms with Crippen LogP contribution in [0.2, 0.25) is 5.02 Å². The fraction of sp³-hybridized carbons (Fsp3) is 0.357. The number of benzene rings is 2. The number of sulfone groups is 1. The van der Waals surface area contributed by atoms with Crippen LogP contribution in [-0.2, 0) is 22.6 Å². The first-order valence-corrected chi connectivity index (χ1v) is 15.1. The second-order valence-electron chi connectivity index (χ2n) is 10.2. The van der Waals surface area contributed by atoms with Crippen LogP contribution in [-0.4, -0.2) is 29.3 Å². The van der Waals surface area contributed by atoms with E-state index in [0.29, 0.717) is 22.3 Å². The van der Waals surface area contributed by atoms with E-state index in [4.69, 9.17) is 11.6 Å². The lowest BCUT2D eigenvalue weighted by molar-refractivity contribution is 0.103. The first-order chi connectivity index (χ1) is 17.6. The minimum absolute atomic E-state index is 0.0235. The fourth-order valence-electron chi connectivity index (χ4n) is 3.83. The second kappa shape index (κ2) is 11.7. The van der Waals surface area contributed by atoms with E-state index in [2.05, 4.69) is 25.5 Å². The Hall–Kier alpha value is -2.46. The number of rotatable bonds is 9. The van der Waals surface area contributed by atoms with Crippen molar-refractivity contribution in [3.05, 3.63) is 92.1 Å². The molecule has 1 unspecified atom stereocenters. The number of ketones is 1. The van der Waals surface area contributed by atoms with E-state index >= 15 is 0 Å². The molecule has 0 amide bonds. The van der Waals surface area contributed by atoms with Gasteiger partial charge in [-0.15, -0.1) is 0 Å². The van der Waals surface area contributed by atoms with Gasteiger partial charge in [0.15, 0.2) is 15.6 Å². The first-order valence-electron chi connectivity index (χ1n) is 12.1. The van der Waals surface area contributed by atoms with Crippen molar-refractivity contribution in [1.29, 1.82) is 0 Å². The molecule has 0 saturated carbocycles. The van der Waals surface area contributed by atoms with Gasteiger partial charge in [0.05, 0.1) is 10.8 Å². The van der Waals surface area contributed by atoms with Gasteiger partial charge in [-0.3, -0.25) is 14.3 Å². The maximum atomic E-state index is 13.7. The van der Waals surface area contributed by atoms with E-state index in [1.165, 1.54) is 28.6 Å². The third-order valence-electron chi connectivity index (χ3n) is 5.89. The summed E-state index contributed by atoms with van der Waals surface area (Å²) in [5.41, 5.74) is 2.36. The molecule has 0 radical (unpaired) electrons. The van der Waals surface area contributed by atoms with Gasteiger partial charge in [0.25, 0.3) is 5.56 Å². The average molecular weight is 579 g/mol. The summed E-state index contributed by atoms with van der Waals surface area (Å²) in [6, 6.07) is 9.62. The predicted octanol–water partition coefficient (Wildman–Crippen LogP) is 6.11. The molecule has 1 aromatic heterocycles. The Morgan fingerprint density at radius 1 is 1.11 bits per heavy atom. The molecule has 204 valence electrons. The van der Waals surface area contributed by atoms with Gasteiger partial charge in [-0.25, -0.2) is 12.8 Å². The largest absolute Gasteiger partial charge is 0.318 e. The van der Waals surface area contributed by atoms with Crippen LogP contribution in [0.25, 0.3) is 11.1 Å². The summed E-state index contributed by atoms with van der Waals surface area (Å²) >= 11 is 7.74. The molecule has 0 aliphatic rings. The first kappa shape index (κ1) is 30.1. The Labute approximate surface area is 232 Å². The van der Waals surface area contributed by atoms with Crippen LogP contribution in [0.5, 0.6) is 0 Å². The fourth-order valence-corrected chi connectivity index (χ4v) is 5.63. The topological polar surface area (TPSA) is 85.2 Å². The maximum Gasteiger partial charge on any atom is 0.250 e. The molecule has 0 bridgehead atoms. The number of carbonyl (C=O) groups excluding carboxylic acids is 1. The van der Waals surface area contributed by atoms with Gasteiger partial charge in [0.1, 0.15) is 5.82 Å². The number of carbonyl (C=O) groups is 1. The van der Waals surface area contributed by atoms with Crippen LogP contribution in [0, 0.1) is 5.82 Å². The summed E-state index contributed by atoms with van der Waals surface area (Å²) in [6.07, 6.45) is 1.65. The van der Waals surface area contributed by atoms with Gasteiger partial charge >= 0.3 is 0 Å². The predicted molar refractivity (Wildman–Crippen MR) is 154 cm³/mol. The smallest absolute Gasteiger partial charge is 0.250 e. The number of halogens is 2. The third kappa shape index (κ3) is 7.34. The average Bonchev–Trinajstić information content (AvgIpc) is 2.83. The molecule has 0 aliphatic carbocycles. The van der Waals surface area contributed by atoms with Crippen molar-refractivity contribution in [2.45, 2.75) is 51.2 Å². The molecule has 1 atom stereocenters. The molecule has 6 nitrogen and oxygen atoms in total. The number of nitrogens with zero attached hydrogens (tertiary/aromatic N) is 1. The molecule has 10 heteroatoms. The Morgan fingerprint density at radius 3 is 2.37 bits per heavy atom. The molecular weight excluding hydrogens is 547 g/mol. The molecule has 2 aromatic carbocycles. The van der Waals surface area contributed by atoms with Crippen molar-refractivity contribution in [3.63, 3.8) is 0 Å². The number of hydrogen-bond acceptors (Lipinski definition) is 6. The van der Waals surface area contributed by atoms with Crippen LogP contribution < -0.4 is 10.3 Å². The Kier molecular flexibility index (Phi) is 9.29. The molecule has 1 heterocycles. The highest BCUT2D eigenvalue weighted by Gasteiger charge is 2.24. The van der Waals surface area contributed by atoms with Crippen molar-refractivity contribution in [2.24, 2.45) is 7.05 Å². The van der Waals surface area contributed by atoms with Crippen LogP contribution in [0.15, 0.2) is 53.5 Å². The highest BCUT2D eigenvalue weighted by molar-refractivity contribution is 7.98. The van der Waals surface area contributed by atoms with Crippen molar-refractivity contribution in [1.82, 2.24) is 9.29 Å². The van der Waals surface area contributed by atoms with Gasteiger partial charge in [0.2, 0.25) is 0 Å². The summed E-state index contributed by atoms with van der Waals surface area (Å²) in [5, 5.41) is -0.0316. The number of pyridine rings is 1. The van der Waals surface area contributed by atoms with Crippen LogP contribution in [0.3, 0.4) is 0 Å². The molecule has 0 fully saturated rings. The normalized spacial score (nSPS) is 12.9. The summed E-state index contributed by atoms with van der Waals surface area (Å²) in [5.74, 6) is -1.23. The molecule has 0 saturated heterocycles. The van der Waals surface area contributed by atoms with E-state index in [0.717, 1.165) is 12.1 Å². The van der Waals surface area contributed by atoms with Crippen molar-refractivity contribution >= 4 is 39.2 Å². The van der Waals surface area contributed by atoms with Crippen molar-refractivity contribution in [2.75, 3.05) is 5.75 Å². The van der Waals surface area contributed by atoms with Crippen molar-refractivity contribution in [3.8, 4) is 11.1 Å². The molecule has 38 heavy (non-hydrogen) atoms. The van der Waals surface area contributed by atoms with Gasteiger partial charge < -0.3 is 4.57 Å².